The van der Waals surface area contributed by atoms with E-state index >= 15 is 0 Å². The van der Waals surface area contributed by atoms with E-state index in [0.29, 0.717) is 17.3 Å². The lowest BCUT2D eigenvalue weighted by atomic mass is 10.3. The van der Waals surface area contributed by atoms with Gasteiger partial charge in [0.15, 0.2) is 0 Å². The molecular formula is C10H13BrClN3O3S. The molecule has 0 atom stereocenters. The molecule has 0 heterocycles. The normalized spacial score (nSPS) is 12.6. The Hall–Kier alpha value is -0.830. The zero-order valence-electron chi connectivity index (χ0n) is 9.81. The van der Waals surface area contributed by atoms with Crippen molar-refractivity contribution in [2.75, 3.05) is 6.54 Å². The van der Waals surface area contributed by atoms with Gasteiger partial charge in [0.2, 0.25) is 10.0 Å². The maximum Gasteiger partial charge on any atom is 0.242 e. The first-order valence-corrected chi connectivity index (χ1v) is 7.93. The first kappa shape index (κ1) is 16.2. The summed E-state index contributed by atoms with van der Waals surface area (Å²) in [5.74, 6) is 0.0564. The molecule has 0 spiro atoms. The molecule has 0 bridgehead atoms. The maximum atomic E-state index is 12.0. The fourth-order valence-corrected chi connectivity index (χ4v) is 3.41. The fraction of sp³-hybridized carbons (Fsp3) is 0.300. The van der Waals surface area contributed by atoms with Crippen molar-refractivity contribution in [3.05, 3.63) is 27.7 Å². The Morgan fingerprint density at radius 2 is 2.21 bits per heavy atom. The molecule has 0 saturated carbocycles. The molecule has 106 valence electrons. The lowest BCUT2D eigenvalue weighted by molar-refractivity contribution is 0.316. The second-order valence-electron chi connectivity index (χ2n) is 3.67. The van der Waals surface area contributed by atoms with Crippen LogP contribution in [0.3, 0.4) is 0 Å². The minimum Gasteiger partial charge on any atom is -0.409 e. The van der Waals surface area contributed by atoms with E-state index < -0.39 is 10.0 Å². The fourth-order valence-electron chi connectivity index (χ4n) is 1.30. The number of nitrogens with zero attached hydrogens (tertiary/aromatic N) is 1. The van der Waals surface area contributed by atoms with Crippen molar-refractivity contribution in [2.45, 2.75) is 17.7 Å². The average molecular weight is 371 g/mol. The summed E-state index contributed by atoms with van der Waals surface area (Å²) in [7, 11) is -3.66. The van der Waals surface area contributed by atoms with Gasteiger partial charge in [-0.25, -0.2) is 13.1 Å². The molecule has 0 aromatic heterocycles. The van der Waals surface area contributed by atoms with Crippen LogP contribution in [0.1, 0.15) is 12.8 Å². The van der Waals surface area contributed by atoms with Gasteiger partial charge in [-0.05, 0) is 24.6 Å². The van der Waals surface area contributed by atoms with E-state index in [1.807, 2.05) is 0 Å². The van der Waals surface area contributed by atoms with E-state index in [9.17, 15) is 8.42 Å². The summed E-state index contributed by atoms with van der Waals surface area (Å²) >= 11 is 9.08. The van der Waals surface area contributed by atoms with Gasteiger partial charge < -0.3 is 10.9 Å². The SMILES string of the molecule is NC(CCCNS(=O)(=O)c1ccc(Br)cc1Cl)=NO. The van der Waals surface area contributed by atoms with Gasteiger partial charge in [-0.15, -0.1) is 0 Å². The van der Waals surface area contributed by atoms with Crippen LogP contribution in [0.5, 0.6) is 0 Å². The molecule has 0 saturated heterocycles. The number of benzene rings is 1. The Kier molecular flexibility index (Phi) is 6.05. The smallest absolute Gasteiger partial charge is 0.242 e. The van der Waals surface area contributed by atoms with E-state index in [1.54, 1.807) is 6.07 Å². The standard InChI is InChI=1S/C10H13BrClN3O3S/c11-7-3-4-9(8(12)6-7)19(17,18)14-5-1-2-10(13)15-16/h3-4,6,14,16H,1-2,5H2,(H2,13,15). The minimum atomic E-state index is -3.66. The van der Waals surface area contributed by atoms with E-state index in [1.165, 1.54) is 12.1 Å². The van der Waals surface area contributed by atoms with Gasteiger partial charge in [0.05, 0.1) is 5.02 Å². The molecule has 1 aromatic rings. The molecule has 0 amide bonds. The number of nitrogens with one attached hydrogen (secondary N) is 1. The van der Waals surface area contributed by atoms with Gasteiger partial charge in [-0.2, -0.15) is 0 Å². The third-order valence-electron chi connectivity index (χ3n) is 2.21. The van der Waals surface area contributed by atoms with Crippen LogP contribution >= 0.6 is 27.5 Å². The van der Waals surface area contributed by atoms with Crippen molar-refractivity contribution in [2.24, 2.45) is 10.9 Å². The summed E-state index contributed by atoms with van der Waals surface area (Å²) in [5, 5.41) is 11.3. The Bertz CT molecular complexity index is 577. The molecule has 1 aromatic carbocycles. The van der Waals surface area contributed by atoms with Crippen LogP contribution in [0.2, 0.25) is 5.02 Å². The molecule has 9 heteroatoms. The van der Waals surface area contributed by atoms with E-state index in [0.717, 1.165) is 0 Å². The number of rotatable bonds is 6. The molecule has 0 aliphatic carbocycles. The summed E-state index contributed by atoms with van der Waals surface area (Å²) in [5.41, 5.74) is 5.27. The lowest BCUT2D eigenvalue weighted by Gasteiger charge is -2.08. The third-order valence-corrected chi connectivity index (χ3v) is 4.65. The molecule has 4 N–H and O–H groups in total. The molecule has 0 fully saturated rings. The number of hydrogen-bond donors (Lipinski definition) is 3. The predicted molar refractivity (Wildman–Crippen MR) is 77.0 cm³/mol. The largest absolute Gasteiger partial charge is 0.409 e. The van der Waals surface area contributed by atoms with Crippen LogP contribution in [0.15, 0.2) is 32.7 Å². The first-order chi connectivity index (χ1) is 8.86. The second kappa shape index (κ2) is 7.09. The van der Waals surface area contributed by atoms with Gasteiger partial charge in [0.1, 0.15) is 10.7 Å². The molecule has 0 aliphatic rings. The van der Waals surface area contributed by atoms with Crippen molar-refractivity contribution in [1.82, 2.24) is 4.72 Å². The Morgan fingerprint density at radius 3 is 2.79 bits per heavy atom. The molecule has 6 nitrogen and oxygen atoms in total. The van der Waals surface area contributed by atoms with Gasteiger partial charge in [0, 0.05) is 17.4 Å². The minimum absolute atomic E-state index is 0.0150. The van der Waals surface area contributed by atoms with Gasteiger partial charge in [-0.3, -0.25) is 0 Å². The molecule has 0 aliphatic heterocycles. The lowest BCUT2D eigenvalue weighted by Crippen LogP contribution is -2.26. The first-order valence-electron chi connectivity index (χ1n) is 5.28. The number of hydrogen-bond acceptors (Lipinski definition) is 4. The van der Waals surface area contributed by atoms with Crippen molar-refractivity contribution < 1.29 is 13.6 Å². The Balaban J connectivity index is 2.66. The number of halogens is 2. The highest BCUT2D eigenvalue weighted by molar-refractivity contribution is 9.10. The van der Waals surface area contributed by atoms with Crippen molar-refractivity contribution in [3.8, 4) is 0 Å². The molecule has 1 rings (SSSR count). The zero-order chi connectivity index (χ0) is 14.5. The highest BCUT2D eigenvalue weighted by atomic mass is 79.9. The quantitative estimate of drug-likeness (QED) is 0.234. The monoisotopic (exact) mass is 369 g/mol. The summed E-state index contributed by atoms with van der Waals surface area (Å²) in [4.78, 5) is 0.0150. The molecule has 0 unspecified atom stereocenters. The predicted octanol–water partition coefficient (Wildman–Crippen LogP) is 1.91. The van der Waals surface area contributed by atoms with Crippen LogP contribution in [-0.2, 0) is 10.0 Å². The average Bonchev–Trinajstić information content (AvgIpc) is 2.33. The number of nitrogens with two attached hydrogens (primary N) is 1. The van der Waals surface area contributed by atoms with Crippen molar-refractivity contribution in [3.63, 3.8) is 0 Å². The second-order valence-corrected chi connectivity index (χ2v) is 6.73. The van der Waals surface area contributed by atoms with Crippen LogP contribution in [0.25, 0.3) is 0 Å². The van der Waals surface area contributed by atoms with Crippen LogP contribution < -0.4 is 10.5 Å². The number of sulfonamides is 1. The summed E-state index contributed by atoms with van der Waals surface area (Å²) in [6.45, 7) is 0.172. The molecule has 0 radical (unpaired) electrons. The van der Waals surface area contributed by atoms with E-state index in [4.69, 9.17) is 22.5 Å². The number of amidine groups is 1. The van der Waals surface area contributed by atoms with Gasteiger partial charge in [0.25, 0.3) is 0 Å². The zero-order valence-corrected chi connectivity index (χ0v) is 13.0. The van der Waals surface area contributed by atoms with Crippen LogP contribution in [0.4, 0.5) is 0 Å². The summed E-state index contributed by atoms with van der Waals surface area (Å²) in [6, 6.07) is 4.52. The maximum absolute atomic E-state index is 12.0. The van der Waals surface area contributed by atoms with E-state index in [-0.39, 0.29) is 22.3 Å². The van der Waals surface area contributed by atoms with Crippen LogP contribution in [0, 0.1) is 0 Å². The van der Waals surface area contributed by atoms with Gasteiger partial charge in [-0.1, -0.05) is 32.7 Å². The summed E-state index contributed by atoms with van der Waals surface area (Å²) in [6.07, 6.45) is 0.719. The number of oxime groups is 1. The Labute approximate surface area is 124 Å². The topological polar surface area (TPSA) is 105 Å². The van der Waals surface area contributed by atoms with E-state index in [2.05, 4.69) is 25.8 Å². The van der Waals surface area contributed by atoms with Crippen molar-refractivity contribution >= 4 is 43.4 Å². The van der Waals surface area contributed by atoms with Crippen molar-refractivity contribution in [1.29, 1.82) is 0 Å². The van der Waals surface area contributed by atoms with Gasteiger partial charge >= 0.3 is 0 Å². The third kappa shape index (κ3) is 4.98. The van der Waals surface area contributed by atoms with Crippen LogP contribution in [-0.4, -0.2) is 26.0 Å². The highest BCUT2D eigenvalue weighted by Crippen LogP contribution is 2.24. The molecular weight excluding hydrogens is 358 g/mol. The highest BCUT2D eigenvalue weighted by Gasteiger charge is 2.17. The Morgan fingerprint density at radius 1 is 1.53 bits per heavy atom. The molecule has 19 heavy (non-hydrogen) atoms. The summed E-state index contributed by atoms with van der Waals surface area (Å²) < 4.78 is 27.0.